The summed E-state index contributed by atoms with van der Waals surface area (Å²) in [5.74, 6) is 0.986. The van der Waals surface area contributed by atoms with Crippen LogP contribution in [0, 0.1) is 0 Å². The van der Waals surface area contributed by atoms with E-state index in [9.17, 15) is 8.78 Å². The predicted octanol–water partition coefficient (Wildman–Crippen LogP) is 3.56. The number of nitrogens with zero attached hydrogens (tertiary/aromatic N) is 1. The maximum Gasteiger partial charge on any atom is 0.387 e. The van der Waals surface area contributed by atoms with Crippen LogP contribution in [0.15, 0.2) is 23.2 Å². The largest absolute Gasteiger partial charge is 0.490 e. The molecule has 0 heterocycles. The van der Waals surface area contributed by atoms with Crippen LogP contribution in [0.2, 0.25) is 0 Å². The van der Waals surface area contributed by atoms with E-state index in [-0.39, 0.29) is 5.75 Å². The maximum atomic E-state index is 12.5. The highest BCUT2D eigenvalue weighted by molar-refractivity contribution is 5.79. The highest BCUT2D eigenvalue weighted by atomic mass is 19.3. The first-order valence-corrected chi connectivity index (χ1v) is 9.33. The van der Waals surface area contributed by atoms with Gasteiger partial charge in [0.25, 0.3) is 0 Å². The van der Waals surface area contributed by atoms with E-state index in [0.29, 0.717) is 31.5 Å². The molecule has 27 heavy (non-hydrogen) atoms. The molecule has 1 aromatic carbocycles. The first-order valence-electron chi connectivity index (χ1n) is 9.33. The van der Waals surface area contributed by atoms with Crippen molar-refractivity contribution in [3.8, 4) is 11.5 Å². The van der Waals surface area contributed by atoms with Gasteiger partial charge in [0.15, 0.2) is 17.5 Å². The number of benzene rings is 1. The van der Waals surface area contributed by atoms with Gasteiger partial charge in [-0.2, -0.15) is 8.78 Å². The molecule has 154 valence electrons. The van der Waals surface area contributed by atoms with Gasteiger partial charge in [-0.05, 0) is 37.5 Å². The van der Waals surface area contributed by atoms with Crippen molar-refractivity contribution in [1.29, 1.82) is 0 Å². The van der Waals surface area contributed by atoms with Crippen LogP contribution in [0.1, 0.15) is 38.7 Å². The Labute approximate surface area is 160 Å². The van der Waals surface area contributed by atoms with E-state index >= 15 is 0 Å². The van der Waals surface area contributed by atoms with E-state index in [2.05, 4.69) is 27.3 Å². The van der Waals surface area contributed by atoms with Gasteiger partial charge in [-0.3, -0.25) is 4.99 Å². The third-order valence-electron chi connectivity index (χ3n) is 3.61. The molecule has 0 atom stereocenters. The lowest BCUT2D eigenvalue weighted by Crippen LogP contribution is -2.37. The summed E-state index contributed by atoms with van der Waals surface area (Å²) in [5.41, 5.74) is 0.867. The van der Waals surface area contributed by atoms with Crippen molar-refractivity contribution in [2.75, 3.05) is 33.4 Å². The Hall–Kier alpha value is -2.09. The third-order valence-corrected chi connectivity index (χ3v) is 3.61. The minimum absolute atomic E-state index is 0.0289. The van der Waals surface area contributed by atoms with Crippen molar-refractivity contribution in [3.63, 3.8) is 0 Å². The third kappa shape index (κ3) is 9.98. The average Bonchev–Trinajstić information content (AvgIpc) is 2.65. The highest BCUT2D eigenvalue weighted by Crippen LogP contribution is 2.29. The molecule has 0 bridgehead atoms. The number of nitrogens with one attached hydrogen (secondary N) is 2. The van der Waals surface area contributed by atoms with Gasteiger partial charge in [-0.25, -0.2) is 0 Å². The Morgan fingerprint density at radius 1 is 1.11 bits per heavy atom. The minimum atomic E-state index is -2.89. The zero-order valence-electron chi connectivity index (χ0n) is 16.4. The smallest absolute Gasteiger partial charge is 0.387 e. The standard InChI is InChI=1S/C19H31F2N3O3/c1-4-6-11-25-12-7-10-23-19(22-3)24-14-15-8-9-16(27-18(20)21)17(13-15)26-5-2/h8-9,13,18H,4-7,10-12,14H2,1-3H3,(H2,22,23,24). The van der Waals surface area contributed by atoms with Gasteiger partial charge in [-0.1, -0.05) is 19.4 Å². The molecule has 0 radical (unpaired) electrons. The quantitative estimate of drug-likeness (QED) is 0.308. The van der Waals surface area contributed by atoms with Gasteiger partial charge in [0.1, 0.15) is 0 Å². The van der Waals surface area contributed by atoms with Crippen LogP contribution in [0.25, 0.3) is 0 Å². The van der Waals surface area contributed by atoms with Crippen LogP contribution < -0.4 is 20.1 Å². The summed E-state index contributed by atoms with van der Waals surface area (Å²) in [6.45, 7) is 4.14. The minimum Gasteiger partial charge on any atom is -0.490 e. The molecule has 0 aliphatic heterocycles. The molecule has 0 amide bonds. The van der Waals surface area contributed by atoms with Crippen molar-refractivity contribution in [3.05, 3.63) is 23.8 Å². The molecule has 2 N–H and O–H groups in total. The van der Waals surface area contributed by atoms with Crippen LogP contribution in [0.5, 0.6) is 11.5 Å². The second-order valence-electron chi connectivity index (χ2n) is 5.76. The summed E-state index contributed by atoms with van der Waals surface area (Å²) in [6, 6.07) is 4.88. The molecule has 0 unspecified atom stereocenters. The van der Waals surface area contributed by atoms with Crippen LogP contribution in [0.3, 0.4) is 0 Å². The topological polar surface area (TPSA) is 64.1 Å². The van der Waals surface area contributed by atoms with E-state index < -0.39 is 6.61 Å². The van der Waals surface area contributed by atoms with Gasteiger partial charge in [0.2, 0.25) is 0 Å². The van der Waals surface area contributed by atoms with Gasteiger partial charge in [0.05, 0.1) is 6.61 Å². The normalized spacial score (nSPS) is 11.6. The Morgan fingerprint density at radius 3 is 2.56 bits per heavy atom. The molecule has 0 aromatic heterocycles. The van der Waals surface area contributed by atoms with Crippen molar-refractivity contribution in [1.82, 2.24) is 10.6 Å². The number of alkyl halides is 2. The number of hydrogen-bond acceptors (Lipinski definition) is 4. The van der Waals surface area contributed by atoms with Crippen LogP contribution in [0.4, 0.5) is 8.78 Å². The van der Waals surface area contributed by atoms with Gasteiger partial charge < -0.3 is 24.8 Å². The molecule has 0 fully saturated rings. The Kier molecular flexibility index (Phi) is 11.9. The molecule has 0 saturated carbocycles. The highest BCUT2D eigenvalue weighted by Gasteiger charge is 2.11. The lowest BCUT2D eigenvalue weighted by Gasteiger charge is -2.15. The van der Waals surface area contributed by atoms with Crippen LogP contribution in [-0.4, -0.2) is 46.0 Å². The van der Waals surface area contributed by atoms with Gasteiger partial charge >= 0.3 is 6.61 Å². The number of guanidine groups is 1. The monoisotopic (exact) mass is 387 g/mol. The molecule has 1 rings (SSSR count). The van der Waals surface area contributed by atoms with Crippen molar-refractivity contribution in [2.24, 2.45) is 4.99 Å². The second-order valence-corrected chi connectivity index (χ2v) is 5.76. The molecule has 1 aromatic rings. The number of halogens is 2. The average molecular weight is 387 g/mol. The fourth-order valence-electron chi connectivity index (χ4n) is 2.26. The summed E-state index contributed by atoms with van der Waals surface area (Å²) in [5, 5.41) is 6.39. The van der Waals surface area contributed by atoms with E-state index in [1.165, 1.54) is 6.07 Å². The summed E-state index contributed by atoms with van der Waals surface area (Å²) in [4.78, 5) is 4.16. The summed E-state index contributed by atoms with van der Waals surface area (Å²) < 4.78 is 40.3. The van der Waals surface area contributed by atoms with E-state index in [1.807, 2.05) is 0 Å². The molecule has 0 aliphatic rings. The summed E-state index contributed by atoms with van der Waals surface area (Å²) >= 11 is 0. The molecule has 0 spiro atoms. The fraction of sp³-hybridized carbons (Fsp3) is 0.632. The molecular formula is C19H31F2N3O3. The van der Waals surface area contributed by atoms with Crippen LogP contribution >= 0.6 is 0 Å². The Balaban J connectivity index is 2.44. The molecular weight excluding hydrogens is 356 g/mol. The zero-order chi connectivity index (χ0) is 19.9. The molecule has 8 heteroatoms. The lowest BCUT2D eigenvalue weighted by molar-refractivity contribution is -0.0514. The number of aliphatic imine (C=N–C) groups is 1. The van der Waals surface area contributed by atoms with Crippen LogP contribution in [-0.2, 0) is 11.3 Å². The SMILES string of the molecule is CCCCOCCCNC(=NC)NCc1ccc(OC(F)F)c(OCC)c1. The van der Waals surface area contributed by atoms with E-state index in [4.69, 9.17) is 9.47 Å². The molecule has 6 nitrogen and oxygen atoms in total. The van der Waals surface area contributed by atoms with Gasteiger partial charge in [-0.15, -0.1) is 0 Å². The van der Waals surface area contributed by atoms with Gasteiger partial charge in [0, 0.05) is 33.4 Å². The van der Waals surface area contributed by atoms with Crippen molar-refractivity contribution in [2.45, 2.75) is 46.3 Å². The molecule has 0 saturated heterocycles. The van der Waals surface area contributed by atoms with Crippen molar-refractivity contribution < 1.29 is 23.0 Å². The van der Waals surface area contributed by atoms with E-state index in [0.717, 1.165) is 38.0 Å². The lowest BCUT2D eigenvalue weighted by atomic mass is 10.2. The molecule has 0 aliphatic carbocycles. The second kappa shape index (κ2) is 14.0. The number of rotatable bonds is 13. The Morgan fingerprint density at radius 2 is 1.89 bits per heavy atom. The Bertz CT molecular complexity index is 557. The summed E-state index contributed by atoms with van der Waals surface area (Å²) in [6.07, 6.45) is 3.11. The van der Waals surface area contributed by atoms with E-state index in [1.54, 1.807) is 26.1 Å². The first-order chi connectivity index (χ1) is 13.1. The maximum absolute atomic E-state index is 12.5. The van der Waals surface area contributed by atoms with Crippen molar-refractivity contribution >= 4 is 5.96 Å². The number of unbranched alkanes of at least 4 members (excludes halogenated alkanes) is 1. The summed E-state index contributed by atoms with van der Waals surface area (Å²) in [7, 11) is 1.69. The fourth-order valence-corrected chi connectivity index (χ4v) is 2.26. The predicted molar refractivity (Wildman–Crippen MR) is 103 cm³/mol. The number of ether oxygens (including phenoxy) is 3. The zero-order valence-corrected chi connectivity index (χ0v) is 16.4. The first kappa shape index (κ1) is 23.0. The number of hydrogen-bond donors (Lipinski definition) is 2.